The fourth-order valence-electron chi connectivity index (χ4n) is 2.40. The molecule has 1 heterocycles. The summed E-state index contributed by atoms with van der Waals surface area (Å²) in [7, 11) is 0. The molecule has 1 amide bonds. The normalized spacial score (nSPS) is 10.4. The number of nitrogens with one attached hydrogen (secondary N) is 2. The van der Waals surface area contributed by atoms with E-state index in [9.17, 15) is 9.18 Å². The Bertz CT molecular complexity index is 882. The molecule has 0 aliphatic carbocycles. The first kappa shape index (κ1) is 17.9. The van der Waals surface area contributed by atoms with Gasteiger partial charge in [-0.3, -0.25) is 4.79 Å². The highest BCUT2D eigenvalue weighted by Gasteiger charge is 2.06. The van der Waals surface area contributed by atoms with Gasteiger partial charge in [-0.2, -0.15) is 0 Å². The number of rotatable bonds is 6. The van der Waals surface area contributed by atoms with E-state index >= 15 is 0 Å². The zero-order valence-corrected chi connectivity index (χ0v) is 14.6. The third kappa shape index (κ3) is 5.04. The molecule has 132 valence electrons. The summed E-state index contributed by atoms with van der Waals surface area (Å²) in [6.07, 6.45) is 2.40. The van der Waals surface area contributed by atoms with Gasteiger partial charge in [0.2, 0.25) is 0 Å². The van der Waals surface area contributed by atoms with Crippen molar-refractivity contribution in [3.8, 4) is 0 Å². The second kappa shape index (κ2) is 8.45. The molecule has 2 aromatic carbocycles. The molecule has 0 radical (unpaired) electrons. The van der Waals surface area contributed by atoms with Crippen LogP contribution in [0.25, 0.3) is 0 Å². The Morgan fingerprint density at radius 3 is 2.58 bits per heavy atom. The number of aromatic nitrogens is 1. The van der Waals surface area contributed by atoms with Crippen LogP contribution in [0.4, 0.5) is 15.9 Å². The fourth-order valence-corrected chi connectivity index (χ4v) is 2.62. The number of carbonyl (C=O) groups is 1. The highest BCUT2D eigenvalue weighted by molar-refractivity contribution is 6.30. The van der Waals surface area contributed by atoms with Crippen LogP contribution in [0.1, 0.15) is 15.9 Å². The van der Waals surface area contributed by atoms with Crippen molar-refractivity contribution in [2.24, 2.45) is 0 Å². The van der Waals surface area contributed by atoms with E-state index in [0.29, 0.717) is 23.6 Å². The average Bonchev–Trinajstić information content (AvgIpc) is 2.64. The molecular formula is C20H17ClFN3O. The molecule has 26 heavy (non-hydrogen) atoms. The maximum Gasteiger partial charge on any atom is 0.255 e. The van der Waals surface area contributed by atoms with Crippen molar-refractivity contribution in [1.29, 1.82) is 0 Å². The van der Waals surface area contributed by atoms with Crippen LogP contribution in [0.2, 0.25) is 5.02 Å². The lowest BCUT2D eigenvalue weighted by atomic mass is 10.1. The second-order valence-electron chi connectivity index (χ2n) is 5.70. The molecule has 3 rings (SSSR count). The molecule has 0 unspecified atom stereocenters. The van der Waals surface area contributed by atoms with Crippen LogP contribution in [-0.2, 0) is 6.42 Å². The number of amides is 1. The molecule has 4 nitrogen and oxygen atoms in total. The lowest BCUT2D eigenvalue weighted by molar-refractivity contribution is 0.102. The predicted molar refractivity (Wildman–Crippen MR) is 102 cm³/mol. The maximum atomic E-state index is 12.9. The Labute approximate surface area is 156 Å². The summed E-state index contributed by atoms with van der Waals surface area (Å²) in [6.45, 7) is 0.717. The number of hydrogen-bond donors (Lipinski definition) is 2. The van der Waals surface area contributed by atoms with Crippen LogP contribution >= 0.6 is 11.6 Å². The molecule has 0 bridgehead atoms. The number of hydrogen-bond acceptors (Lipinski definition) is 3. The smallest absolute Gasteiger partial charge is 0.255 e. The van der Waals surface area contributed by atoms with Gasteiger partial charge < -0.3 is 10.6 Å². The molecule has 0 aliphatic rings. The van der Waals surface area contributed by atoms with E-state index in [0.717, 1.165) is 17.0 Å². The average molecular weight is 370 g/mol. The summed E-state index contributed by atoms with van der Waals surface area (Å²) in [5, 5.41) is 6.67. The molecule has 0 saturated carbocycles. The summed E-state index contributed by atoms with van der Waals surface area (Å²) in [6, 6.07) is 16.6. The van der Waals surface area contributed by atoms with Crippen LogP contribution in [-0.4, -0.2) is 17.4 Å². The minimum absolute atomic E-state index is 0.312. The summed E-state index contributed by atoms with van der Waals surface area (Å²) in [4.78, 5) is 16.4. The molecule has 3 aromatic rings. The Morgan fingerprint density at radius 2 is 1.88 bits per heavy atom. The Kier molecular flexibility index (Phi) is 5.81. The minimum atomic E-state index is -0.378. The van der Waals surface area contributed by atoms with Crippen LogP contribution in [0.15, 0.2) is 66.9 Å². The van der Waals surface area contributed by atoms with E-state index in [1.54, 1.807) is 18.3 Å². The fraction of sp³-hybridized carbons (Fsp3) is 0.100. The van der Waals surface area contributed by atoms with Gasteiger partial charge in [-0.1, -0.05) is 23.7 Å². The van der Waals surface area contributed by atoms with Crippen molar-refractivity contribution >= 4 is 29.0 Å². The zero-order chi connectivity index (χ0) is 18.4. The molecule has 0 saturated heterocycles. The molecule has 6 heteroatoms. The largest absolute Gasteiger partial charge is 0.370 e. The van der Waals surface area contributed by atoms with E-state index < -0.39 is 0 Å². The van der Waals surface area contributed by atoms with Crippen molar-refractivity contribution < 1.29 is 9.18 Å². The highest BCUT2D eigenvalue weighted by Crippen LogP contribution is 2.13. The molecule has 2 N–H and O–H groups in total. The molecule has 0 spiro atoms. The first-order valence-electron chi connectivity index (χ1n) is 8.11. The van der Waals surface area contributed by atoms with Crippen molar-refractivity contribution in [1.82, 2.24) is 4.98 Å². The number of carbonyl (C=O) groups excluding carboxylic acids is 1. The number of nitrogens with zero attached hydrogens (tertiary/aromatic N) is 1. The van der Waals surface area contributed by atoms with E-state index in [-0.39, 0.29) is 11.7 Å². The number of halogens is 2. The first-order chi connectivity index (χ1) is 12.6. The van der Waals surface area contributed by atoms with Gasteiger partial charge in [0.05, 0.1) is 11.9 Å². The summed E-state index contributed by atoms with van der Waals surface area (Å²) >= 11 is 5.97. The third-order valence-electron chi connectivity index (χ3n) is 3.74. The van der Waals surface area contributed by atoms with Gasteiger partial charge in [-0.05, 0) is 60.5 Å². The Balaban J connectivity index is 1.51. The molecule has 1 aromatic heterocycles. The summed E-state index contributed by atoms with van der Waals surface area (Å²) < 4.78 is 12.9. The molecular weight excluding hydrogens is 353 g/mol. The van der Waals surface area contributed by atoms with Gasteiger partial charge >= 0.3 is 0 Å². The van der Waals surface area contributed by atoms with Crippen molar-refractivity contribution in [2.45, 2.75) is 6.42 Å². The van der Waals surface area contributed by atoms with Gasteiger partial charge in [-0.25, -0.2) is 9.37 Å². The van der Waals surface area contributed by atoms with Gasteiger partial charge in [0.1, 0.15) is 11.6 Å². The number of anilines is 2. The Hall–Kier alpha value is -2.92. The van der Waals surface area contributed by atoms with E-state index in [4.69, 9.17) is 11.6 Å². The van der Waals surface area contributed by atoms with Crippen molar-refractivity contribution in [3.63, 3.8) is 0 Å². The predicted octanol–water partition coefficient (Wildman–Crippen LogP) is 4.78. The Morgan fingerprint density at radius 1 is 1.08 bits per heavy atom. The van der Waals surface area contributed by atoms with Gasteiger partial charge in [-0.15, -0.1) is 0 Å². The van der Waals surface area contributed by atoms with Crippen LogP contribution in [0.5, 0.6) is 0 Å². The van der Waals surface area contributed by atoms with E-state index in [2.05, 4.69) is 15.6 Å². The van der Waals surface area contributed by atoms with Gasteiger partial charge in [0.15, 0.2) is 0 Å². The van der Waals surface area contributed by atoms with Gasteiger partial charge in [0, 0.05) is 17.1 Å². The lowest BCUT2D eigenvalue weighted by Gasteiger charge is -2.08. The topological polar surface area (TPSA) is 54.0 Å². The van der Waals surface area contributed by atoms with Crippen LogP contribution in [0, 0.1) is 5.82 Å². The SMILES string of the molecule is O=C(Nc1ccc(NCCc2cccc(Cl)c2)nc1)c1ccc(F)cc1. The first-order valence-corrected chi connectivity index (χ1v) is 8.49. The van der Waals surface area contributed by atoms with Crippen LogP contribution in [0.3, 0.4) is 0 Å². The molecule has 0 aliphatic heterocycles. The lowest BCUT2D eigenvalue weighted by Crippen LogP contribution is -2.12. The monoisotopic (exact) mass is 369 g/mol. The zero-order valence-electron chi connectivity index (χ0n) is 13.9. The van der Waals surface area contributed by atoms with Crippen molar-refractivity contribution in [2.75, 3.05) is 17.2 Å². The highest BCUT2D eigenvalue weighted by atomic mass is 35.5. The van der Waals surface area contributed by atoms with Gasteiger partial charge in [0.25, 0.3) is 5.91 Å². The minimum Gasteiger partial charge on any atom is -0.370 e. The molecule has 0 atom stereocenters. The van der Waals surface area contributed by atoms with Crippen molar-refractivity contribution in [3.05, 3.63) is 88.8 Å². The third-order valence-corrected chi connectivity index (χ3v) is 3.97. The summed E-state index contributed by atoms with van der Waals surface area (Å²) in [5.74, 6) is 0.0247. The standard InChI is InChI=1S/C20H17ClFN3O/c21-16-3-1-2-14(12-16)10-11-23-19-9-8-18(13-24-19)25-20(26)15-4-6-17(22)7-5-15/h1-9,12-13H,10-11H2,(H,23,24)(H,25,26). The van der Waals surface area contributed by atoms with E-state index in [1.165, 1.54) is 24.3 Å². The quantitative estimate of drug-likeness (QED) is 0.657. The maximum absolute atomic E-state index is 12.9. The molecule has 0 fully saturated rings. The number of benzene rings is 2. The number of pyridine rings is 1. The summed E-state index contributed by atoms with van der Waals surface area (Å²) in [5.41, 5.74) is 2.10. The van der Waals surface area contributed by atoms with Crippen LogP contribution < -0.4 is 10.6 Å². The van der Waals surface area contributed by atoms with E-state index in [1.807, 2.05) is 24.3 Å². The second-order valence-corrected chi connectivity index (χ2v) is 6.14.